The SMILES string of the molecule is COC(=O)C1CCCCN1C(=O)C(C)CCCN. The van der Waals surface area contributed by atoms with Gasteiger partial charge in [-0.25, -0.2) is 4.79 Å². The molecule has 1 rings (SSSR count). The maximum Gasteiger partial charge on any atom is 0.328 e. The van der Waals surface area contributed by atoms with Crippen LogP contribution in [0.15, 0.2) is 0 Å². The third-order valence-corrected chi connectivity index (χ3v) is 3.52. The Morgan fingerprint density at radius 3 is 2.78 bits per heavy atom. The van der Waals surface area contributed by atoms with E-state index >= 15 is 0 Å². The summed E-state index contributed by atoms with van der Waals surface area (Å²) in [7, 11) is 1.37. The van der Waals surface area contributed by atoms with Gasteiger partial charge in [0.15, 0.2) is 0 Å². The minimum absolute atomic E-state index is 0.0542. The number of piperidine rings is 1. The molecule has 5 nitrogen and oxygen atoms in total. The first kappa shape index (κ1) is 15.0. The van der Waals surface area contributed by atoms with Crippen LogP contribution in [0.1, 0.15) is 39.0 Å². The molecule has 1 heterocycles. The van der Waals surface area contributed by atoms with E-state index in [1.807, 2.05) is 6.92 Å². The Labute approximate surface area is 109 Å². The number of hydrogen-bond acceptors (Lipinski definition) is 4. The average Bonchev–Trinajstić information content (AvgIpc) is 2.43. The highest BCUT2D eigenvalue weighted by atomic mass is 16.5. The zero-order valence-corrected chi connectivity index (χ0v) is 11.4. The number of nitrogens with two attached hydrogens (primary N) is 1. The molecule has 0 aromatic heterocycles. The second-order valence-corrected chi connectivity index (χ2v) is 4.90. The van der Waals surface area contributed by atoms with E-state index in [0.717, 1.165) is 25.7 Å². The number of likely N-dealkylation sites (tertiary alicyclic amines) is 1. The number of carbonyl (C=O) groups is 2. The van der Waals surface area contributed by atoms with Crippen molar-refractivity contribution in [1.29, 1.82) is 0 Å². The Kier molecular flexibility index (Phi) is 6.12. The fourth-order valence-electron chi connectivity index (χ4n) is 2.41. The van der Waals surface area contributed by atoms with Crippen molar-refractivity contribution in [2.45, 2.75) is 45.1 Å². The summed E-state index contributed by atoms with van der Waals surface area (Å²) in [6.45, 7) is 3.16. The maximum absolute atomic E-state index is 12.3. The highest BCUT2D eigenvalue weighted by Crippen LogP contribution is 2.21. The van der Waals surface area contributed by atoms with Gasteiger partial charge < -0.3 is 15.4 Å². The van der Waals surface area contributed by atoms with E-state index < -0.39 is 6.04 Å². The van der Waals surface area contributed by atoms with Crippen LogP contribution >= 0.6 is 0 Å². The Morgan fingerprint density at radius 1 is 1.44 bits per heavy atom. The summed E-state index contributed by atoms with van der Waals surface area (Å²) in [5.41, 5.74) is 5.45. The minimum Gasteiger partial charge on any atom is -0.467 e. The van der Waals surface area contributed by atoms with Gasteiger partial charge in [-0.2, -0.15) is 0 Å². The molecule has 1 amide bonds. The van der Waals surface area contributed by atoms with Crippen LogP contribution in [0.25, 0.3) is 0 Å². The largest absolute Gasteiger partial charge is 0.467 e. The van der Waals surface area contributed by atoms with Crippen LogP contribution in [0.3, 0.4) is 0 Å². The second-order valence-electron chi connectivity index (χ2n) is 4.90. The number of hydrogen-bond donors (Lipinski definition) is 1. The van der Waals surface area contributed by atoms with E-state index in [4.69, 9.17) is 10.5 Å². The van der Waals surface area contributed by atoms with Gasteiger partial charge in [0.25, 0.3) is 0 Å². The Morgan fingerprint density at radius 2 is 2.17 bits per heavy atom. The van der Waals surface area contributed by atoms with Gasteiger partial charge in [-0.15, -0.1) is 0 Å². The molecule has 2 unspecified atom stereocenters. The fourth-order valence-corrected chi connectivity index (χ4v) is 2.41. The summed E-state index contributed by atoms with van der Waals surface area (Å²) in [5, 5.41) is 0. The first-order chi connectivity index (χ1) is 8.61. The van der Waals surface area contributed by atoms with Gasteiger partial charge in [-0.05, 0) is 38.6 Å². The molecule has 18 heavy (non-hydrogen) atoms. The molecular formula is C13H24N2O3. The Hall–Kier alpha value is -1.10. The van der Waals surface area contributed by atoms with Crippen molar-refractivity contribution < 1.29 is 14.3 Å². The molecule has 0 saturated carbocycles. The number of carbonyl (C=O) groups excluding carboxylic acids is 2. The van der Waals surface area contributed by atoms with Crippen molar-refractivity contribution in [2.75, 3.05) is 20.2 Å². The van der Waals surface area contributed by atoms with Gasteiger partial charge in [-0.3, -0.25) is 4.79 Å². The number of methoxy groups -OCH3 is 1. The first-order valence-electron chi connectivity index (χ1n) is 6.70. The summed E-state index contributed by atoms with van der Waals surface area (Å²) < 4.78 is 4.78. The normalized spacial score (nSPS) is 21.5. The van der Waals surface area contributed by atoms with Crippen LogP contribution in [0.4, 0.5) is 0 Å². The molecule has 2 N–H and O–H groups in total. The fraction of sp³-hybridized carbons (Fsp3) is 0.846. The van der Waals surface area contributed by atoms with Gasteiger partial charge in [0.1, 0.15) is 6.04 Å². The van der Waals surface area contributed by atoms with Crippen LogP contribution in [-0.4, -0.2) is 43.0 Å². The summed E-state index contributed by atoms with van der Waals surface area (Å²) >= 11 is 0. The highest BCUT2D eigenvalue weighted by molar-refractivity contribution is 5.85. The lowest BCUT2D eigenvalue weighted by Gasteiger charge is -2.35. The predicted octanol–water partition coefficient (Wildman–Crippen LogP) is 0.915. The number of rotatable bonds is 5. The van der Waals surface area contributed by atoms with Gasteiger partial charge in [0.2, 0.25) is 5.91 Å². The number of esters is 1. The van der Waals surface area contributed by atoms with Gasteiger partial charge in [0.05, 0.1) is 7.11 Å². The Bertz CT molecular complexity index is 294. The summed E-state index contributed by atoms with van der Waals surface area (Å²) in [4.78, 5) is 25.7. The van der Waals surface area contributed by atoms with E-state index in [2.05, 4.69) is 0 Å². The number of nitrogens with zero attached hydrogens (tertiary/aromatic N) is 1. The molecule has 5 heteroatoms. The smallest absolute Gasteiger partial charge is 0.328 e. The predicted molar refractivity (Wildman–Crippen MR) is 68.8 cm³/mol. The summed E-state index contributed by atoms with van der Waals surface area (Å²) in [5.74, 6) is -0.313. The van der Waals surface area contributed by atoms with E-state index in [1.54, 1.807) is 4.90 Å². The monoisotopic (exact) mass is 256 g/mol. The lowest BCUT2D eigenvalue weighted by atomic mass is 9.97. The molecule has 0 bridgehead atoms. The first-order valence-corrected chi connectivity index (χ1v) is 6.70. The molecule has 0 aromatic rings. The number of ether oxygens (including phenoxy) is 1. The lowest BCUT2D eigenvalue weighted by Crippen LogP contribution is -2.50. The van der Waals surface area contributed by atoms with Crippen LogP contribution in [0.5, 0.6) is 0 Å². The number of amides is 1. The summed E-state index contributed by atoms with van der Waals surface area (Å²) in [6.07, 6.45) is 4.26. The molecule has 0 radical (unpaired) electrons. The average molecular weight is 256 g/mol. The second kappa shape index (κ2) is 7.36. The molecule has 1 saturated heterocycles. The third-order valence-electron chi connectivity index (χ3n) is 3.52. The molecule has 0 spiro atoms. The van der Waals surface area contributed by atoms with Gasteiger partial charge in [-0.1, -0.05) is 6.92 Å². The quantitative estimate of drug-likeness (QED) is 0.742. The van der Waals surface area contributed by atoms with E-state index in [9.17, 15) is 9.59 Å². The molecule has 0 aliphatic carbocycles. The molecule has 1 fully saturated rings. The van der Waals surface area contributed by atoms with E-state index in [1.165, 1.54) is 7.11 Å². The van der Waals surface area contributed by atoms with Crippen LogP contribution in [0, 0.1) is 5.92 Å². The van der Waals surface area contributed by atoms with Crippen molar-refractivity contribution >= 4 is 11.9 Å². The lowest BCUT2D eigenvalue weighted by molar-refractivity contribution is -0.156. The van der Waals surface area contributed by atoms with Crippen LogP contribution in [-0.2, 0) is 14.3 Å². The van der Waals surface area contributed by atoms with E-state index in [-0.39, 0.29) is 17.8 Å². The zero-order valence-electron chi connectivity index (χ0n) is 11.4. The molecule has 1 aliphatic heterocycles. The van der Waals surface area contributed by atoms with Crippen molar-refractivity contribution in [3.63, 3.8) is 0 Å². The molecule has 2 atom stereocenters. The van der Waals surface area contributed by atoms with Crippen LogP contribution < -0.4 is 5.73 Å². The molecule has 1 aliphatic rings. The highest BCUT2D eigenvalue weighted by Gasteiger charge is 2.34. The van der Waals surface area contributed by atoms with Crippen molar-refractivity contribution in [3.8, 4) is 0 Å². The van der Waals surface area contributed by atoms with Gasteiger partial charge in [0, 0.05) is 12.5 Å². The topological polar surface area (TPSA) is 72.6 Å². The van der Waals surface area contributed by atoms with Crippen LogP contribution in [0.2, 0.25) is 0 Å². The third kappa shape index (κ3) is 3.70. The van der Waals surface area contributed by atoms with E-state index in [0.29, 0.717) is 19.5 Å². The minimum atomic E-state index is -0.392. The Balaban J connectivity index is 2.64. The maximum atomic E-state index is 12.3. The molecular weight excluding hydrogens is 232 g/mol. The van der Waals surface area contributed by atoms with Crippen molar-refractivity contribution in [1.82, 2.24) is 4.90 Å². The molecule has 104 valence electrons. The zero-order chi connectivity index (χ0) is 13.5. The molecule has 0 aromatic carbocycles. The van der Waals surface area contributed by atoms with Gasteiger partial charge >= 0.3 is 5.97 Å². The van der Waals surface area contributed by atoms with Crippen molar-refractivity contribution in [3.05, 3.63) is 0 Å². The van der Waals surface area contributed by atoms with Crippen molar-refractivity contribution in [2.24, 2.45) is 11.7 Å². The standard InChI is InChI=1S/C13H24N2O3/c1-10(6-5-8-14)12(16)15-9-4-3-7-11(15)13(17)18-2/h10-11H,3-9,14H2,1-2H3. The summed E-state index contributed by atoms with van der Waals surface area (Å²) in [6, 6.07) is -0.392.